The standard InChI is InChI=1S/C14H19F2N/c1-10(12-5-6-12)8-17-9-11-3-2-4-13(7-11)14(15)16/h2-4,7,10,12,14,17H,5-6,8-9H2,1H3. The fourth-order valence-electron chi connectivity index (χ4n) is 2.11. The zero-order chi connectivity index (χ0) is 12.3. The molecular formula is C14H19F2N. The molecule has 0 spiro atoms. The molecule has 1 fully saturated rings. The van der Waals surface area contributed by atoms with Gasteiger partial charge in [-0.15, -0.1) is 0 Å². The summed E-state index contributed by atoms with van der Waals surface area (Å²) in [5.74, 6) is 1.59. The molecule has 1 aliphatic rings. The third kappa shape index (κ3) is 3.77. The van der Waals surface area contributed by atoms with Gasteiger partial charge >= 0.3 is 0 Å². The Morgan fingerprint density at radius 3 is 2.76 bits per heavy atom. The molecule has 0 heterocycles. The Morgan fingerprint density at radius 2 is 2.12 bits per heavy atom. The fraction of sp³-hybridized carbons (Fsp3) is 0.571. The van der Waals surface area contributed by atoms with Crippen LogP contribution in [0.4, 0.5) is 8.78 Å². The molecule has 1 atom stereocenters. The van der Waals surface area contributed by atoms with E-state index in [-0.39, 0.29) is 5.56 Å². The number of nitrogens with one attached hydrogen (secondary N) is 1. The monoisotopic (exact) mass is 239 g/mol. The molecule has 0 saturated heterocycles. The van der Waals surface area contributed by atoms with Crippen LogP contribution in [0, 0.1) is 11.8 Å². The maximum atomic E-state index is 12.5. The van der Waals surface area contributed by atoms with Gasteiger partial charge in [0.05, 0.1) is 0 Å². The normalized spacial score (nSPS) is 17.4. The summed E-state index contributed by atoms with van der Waals surface area (Å²) >= 11 is 0. The SMILES string of the molecule is CC(CNCc1cccc(C(F)F)c1)C1CC1. The second-order valence-electron chi connectivity index (χ2n) is 4.99. The minimum Gasteiger partial charge on any atom is -0.312 e. The van der Waals surface area contributed by atoms with Crippen molar-refractivity contribution in [1.29, 1.82) is 0 Å². The van der Waals surface area contributed by atoms with Gasteiger partial charge in [0.2, 0.25) is 0 Å². The zero-order valence-electron chi connectivity index (χ0n) is 10.1. The minimum absolute atomic E-state index is 0.111. The number of alkyl halides is 2. The lowest BCUT2D eigenvalue weighted by atomic mass is 10.1. The van der Waals surface area contributed by atoms with Gasteiger partial charge in [-0.2, -0.15) is 0 Å². The molecule has 1 aromatic rings. The van der Waals surface area contributed by atoms with E-state index in [1.165, 1.54) is 18.9 Å². The third-order valence-electron chi connectivity index (χ3n) is 3.43. The number of hydrogen-bond acceptors (Lipinski definition) is 1. The lowest BCUT2D eigenvalue weighted by Gasteiger charge is -2.11. The smallest absolute Gasteiger partial charge is 0.263 e. The average Bonchev–Trinajstić information content (AvgIpc) is 3.13. The van der Waals surface area contributed by atoms with Gasteiger partial charge in [-0.1, -0.05) is 25.1 Å². The molecule has 17 heavy (non-hydrogen) atoms. The minimum atomic E-state index is -2.37. The van der Waals surface area contributed by atoms with Crippen LogP contribution in [0.3, 0.4) is 0 Å². The van der Waals surface area contributed by atoms with E-state index in [4.69, 9.17) is 0 Å². The van der Waals surface area contributed by atoms with Crippen LogP contribution in [0.1, 0.15) is 37.3 Å². The number of benzene rings is 1. The van der Waals surface area contributed by atoms with Gasteiger partial charge in [-0.3, -0.25) is 0 Å². The first-order valence-corrected chi connectivity index (χ1v) is 6.24. The highest BCUT2D eigenvalue weighted by molar-refractivity contribution is 5.24. The van der Waals surface area contributed by atoms with Crippen molar-refractivity contribution in [3.8, 4) is 0 Å². The molecule has 0 radical (unpaired) electrons. The van der Waals surface area contributed by atoms with Gasteiger partial charge in [-0.05, 0) is 42.9 Å². The van der Waals surface area contributed by atoms with Crippen molar-refractivity contribution in [2.24, 2.45) is 11.8 Å². The van der Waals surface area contributed by atoms with Crippen molar-refractivity contribution in [3.05, 3.63) is 35.4 Å². The van der Waals surface area contributed by atoms with Gasteiger partial charge in [-0.25, -0.2) is 8.78 Å². The number of rotatable bonds is 6. The van der Waals surface area contributed by atoms with Crippen LogP contribution in [0.2, 0.25) is 0 Å². The maximum absolute atomic E-state index is 12.5. The largest absolute Gasteiger partial charge is 0.312 e. The second-order valence-corrected chi connectivity index (χ2v) is 4.99. The quantitative estimate of drug-likeness (QED) is 0.797. The fourth-order valence-corrected chi connectivity index (χ4v) is 2.11. The predicted molar refractivity (Wildman–Crippen MR) is 65.0 cm³/mol. The van der Waals surface area contributed by atoms with Gasteiger partial charge in [0.1, 0.15) is 0 Å². The Balaban J connectivity index is 1.79. The van der Waals surface area contributed by atoms with E-state index < -0.39 is 6.43 Å². The van der Waals surface area contributed by atoms with Crippen LogP contribution < -0.4 is 5.32 Å². The second kappa shape index (κ2) is 5.58. The average molecular weight is 239 g/mol. The molecule has 1 aromatic carbocycles. The molecule has 3 heteroatoms. The van der Waals surface area contributed by atoms with Crippen LogP contribution in [0.25, 0.3) is 0 Å². The van der Waals surface area contributed by atoms with Crippen molar-refractivity contribution in [2.45, 2.75) is 32.7 Å². The van der Waals surface area contributed by atoms with Crippen molar-refractivity contribution in [1.82, 2.24) is 5.32 Å². The Kier molecular flexibility index (Phi) is 4.11. The van der Waals surface area contributed by atoms with Crippen molar-refractivity contribution in [2.75, 3.05) is 6.54 Å². The summed E-state index contributed by atoms with van der Waals surface area (Å²) in [5, 5.41) is 3.34. The first-order chi connectivity index (χ1) is 8.16. The lowest BCUT2D eigenvalue weighted by Crippen LogP contribution is -2.21. The highest BCUT2D eigenvalue weighted by Gasteiger charge is 2.27. The van der Waals surface area contributed by atoms with E-state index in [0.29, 0.717) is 12.5 Å². The number of halogens is 2. The van der Waals surface area contributed by atoms with Crippen LogP contribution >= 0.6 is 0 Å². The Hall–Kier alpha value is -0.960. The zero-order valence-corrected chi connectivity index (χ0v) is 10.1. The summed E-state index contributed by atoms with van der Waals surface area (Å²) in [6.07, 6.45) is 0.327. The molecule has 1 N–H and O–H groups in total. The summed E-state index contributed by atoms with van der Waals surface area (Å²) in [7, 11) is 0. The van der Waals surface area contributed by atoms with Crippen LogP contribution in [-0.4, -0.2) is 6.54 Å². The molecule has 1 nitrogen and oxygen atoms in total. The van der Waals surface area contributed by atoms with E-state index in [1.807, 2.05) is 6.07 Å². The van der Waals surface area contributed by atoms with E-state index >= 15 is 0 Å². The molecule has 1 aliphatic carbocycles. The predicted octanol–water partition coefficient (Wildman–Crippen LogP) is 3.76. The Morgan fingerprint density at radius 1 is 1.35 bits per heavy atom. The van der Waals surface area contributed by atoms with Gasteiger partial charge in [0, 0.05) is 12.1 Å². The lowest BCUT2D eigenvalue weighted by molar-refractivity contribution is 0.151. The molecule has 0 aliphatic heterocycles. The van der Waals surface area contributed by atoms with E-state index in [1.54, 1.807) is 12.1 Å². The molecular weight excluding hydrogens is 220 g/mol. The van der Waals surface area contributed by atoms with Crippen molar-refractivity contribution < 1.29 is 8.78 Å². The van der Waals surface area contributed by atoms with Crippen molar-refractivity contribution in [3.63, 3.8) is 0 Å². The molecule has 0 amide bonds. The molecule has 0 bridgehead atoms. The summed E-state index contributed by atoms with van der Waals surface area (Å²) in [6, 6.07) is 6.64. The third-order valence-corrected chi connectivity index (χ3v) is 3.43. The highest BCUT2D eigenvalue weighted by Crippen LogP contribution is 2.36. The summed E-state index contributed by atoms with van der Waals surface area (Å²) in [6.45, 7) is 3.90. The van der Waals surface area contributed by atoms with Crippen LogP contribution in [0.5, 0.6) is 0 Å². The molecule has 1 saturated carbocycles. The highest BCUT2D eigenvalue weighted by atomic mass is 19.3. The van der Waals surface area contributed by atoms with Gasteiger partial charge in [0.15, 0.2) is 0 Å². The van der Waals surface area contributed by atoms with Gasteiger partial charge in [0.25, 0.3) is 6.43 Å². The first-order valence-electron chi connectivity index (χ1n) is 6.24. The maximum Gasteiger partial charge on any atom is 0.263 e. The topological polar surface area (TPSA) is 12.0 Å². The molecule has 0 aromatic heterocycles. The van der Waals surface area contributed by atoms with Gasteiger partial charge < -0.3 is 5.32 Å². The summed E-state index contributed by atoms with van der Waals surface area (Å²) in [4.78, 5) is 0. The molecule has 1 unspecified atom stereocenters. The van der Waals surface area contributed by atoms with E-state index in [2.05, 4.69) is 12.2 Å². The Bertz CT molecular complexity index is 361. The summed E-state index contributed by atoms with van der Waals surface area (Å²) in [5.41, 5.74) is 1.05. The Labute approximate surface area is 101 Å². The summed E-state index contributed by atoms with van der Waals surface area (Å²) < 4.78 is 25.0. The van der Waals surface area contributed by atoms with Crippen LogP contribution in [-0.2, 0) is 6.54 Å². The first kappa shape index (κ1) is 12.5. The molecule has 94 valence electrons. The molecule has 2 rings (SSSR count). The van der Waals surface area contributed by atoms with Crippen molar-refractivity contribution >= 4 is 0 Å². The number of hydrogen-bond donors (Lipinski definition) is 1. The van der Waals surface area contributed by atoms with Crippen LogP contribution in [0.15, 0.2) is 24.3 Å². The van der Waals surface area contributed by atoms with E-state index in [0.717, 1.165) is 18.0 Å². The van der Waals surface area contributed by atoms with E-state index in [9.17, 15) is 8.78 Å².